The molecular formula is C21H25N3O2. The lowest BCUT2D eigenvalue weighted by Crippen LogP contribution is -2.24. The highest BCUT2D eigenvalue weighted by molar-refractivity contribution is 5.43. The summed E-state index contributed by atoms with van der Waals surface area (Å²) >= 11 is 0. The highest BCUT2D eigenvalue weighted by atomic mass is 16.5. The molecule has 0 spiro atoms. The van der Waals surface area contributed by atoms with E-state index < -0.39 is 0 Å². The number of rotatable bonds is 8. The van der Waals surface area contributed by atoms with Crippen LogP contribution in [0, 0.1) is 0 Å². The molecule has 1 unspecified atom stereocenters. The molecule has 1 aromatic heterocycles. The lowest BCUT2D eigenvalue weighted by molar-refractivity contribution is 0.354. The molecule has 1 atom stereocenters. The molecule has 0 fully saturated rings. The van der Waals surface area contributed by atoms with Crippen LogP contribution < -0.4 is 14.8 Å². The van der Waals surface area contributed by atoms with Gasteiger partial charge in [-0.2, -0.15) is 5.10 Å². The molecule has 136 valence electrons. The van der Waals surface area contributed by atoms with Gasteiger partial charge in [0.05, 0.1) is 26.5 Å². The summed E-state index contributed by atoms with van der Waals surface area (Å²) < 4.78 is 12.5. The quantitative estimate of drug-likeness (QED) is 0.676. The molecule has 1 heterocycles. The van der Waals surface area contributed by atoms with Crippen LogP contribution in [0.5, 0.6) is 11.5 Å². The average molecular weight is 351 g/mol. The fourth-order valence-corrected chi connectivity index (χ4v) is 3.06. The predicted octanol–water partition coefficient (Wildman–Crippen LogP) is 3.36. The normalized spacial score (nSPS) is 12.0. The Morgan fingerprint density at radius 2 is 1.77 bits per heavy atom. The van der Waals surface area contributed by atoms with Gasteiger partial charge >= 0.3 is 0 Å². The Kier molecular flexibility index (Phi) is 5.92. The summed E-state index contributed by atoms with van der Waals surface area (Å²) in [5.41, 5.74) is 3.59. The first-order chi connectivity index (χ1) is 12.7. The van der Waals surface area contributed by atoms with Gasteiger partial charge in [-0.05, 0) is 29.7 Å². The van der Waals surface area contributed by atoms with Gasteiger partial charge in [-0.3, -0.25) is 4.68 Å². The van der Waals surface area contributed by atoms with E-state index in [4.69, 9.17) is 9.47 Å². The number of benzene rings is 2. The van der Waals surface area contributed by atoms with Crippen molar-refractivity contribution < 1.29 is 9.47 Å². The Balaban J connectivity index is 1.71. The summed E-state index contributed by atoms with van der Waals surface area (Å²) in [7, 11) is 5.25. The first-order valence-electron chi connectivity index (χ1n) is 8.69. The van der Waals surface area contributed by atoms with E-state index in [0.717, 1.165) is 30.0 Å². The molecule has 5 nitrogen and oxygen atoms in total. The van der Waals surface area contributed by atoms with Crippen molar-refractivity contribution in [3.63, 3.8) is 0 Å². The molecule has 3 rings (SSSR count). The topological polar surface area (TPSA) is 48.3 Å². The van der Waals surface area contributed by atoms with E-state index in [1.54, 1.807) is 14.2 Å². The van der Waals surface area contributed by atoms with E-state index in [-0.39, 0.29) is 6.04 Å². The zero-order chi connectivity index (χ0) is 18.4. The van der Waals surface area contributed by atoms with Crippen LogP contribution in [-0.2, 0) is 13.5 Å². The zero-order valence-electron chi connectivity index (χ0n) is 15.5. The summed E-state index contributed by atoms with van der Waals surface area (Å²) in [6.45, 7) is 0.837. The fraction of sp³-hybridized carbons (Fsp3) is 0.286. The SMILES string of the molecule is COc1ccc(CCNC(c2ccccc2)c2cnn(C)c2)cc1OC. The minimum atomic E-state index is 0.116. The number of nitrogens with one attached hydrogen (secondary N) is 1. The molecule has 0 aliphatic rings. The molecule has 5 heteroatoms. The lowest BCUT2D eigenvalue weighted by Gasteiger charge is -2.18. The van der Waals surface area contributed by atoms with Crippen molar-refractivity contribution in [3.8, 4) is 11.5 Å². The maximum Gasteiger partial charge on any atom is 0.160 e. The summed E-state index contributed by atoms with van der Waals surface area (Å²) in [5.74, 6) is 1.51. The molecule has 0 saturated carbocycles. The molecule has 0 aliphatic heterocycles. The van der Waals surface area contributed by atoms with Crippen LogP contribution in [0.2, 0.25) is 0 Å². The van der Waals surface area contributed by atoms with E-state index >= 15 is 0 Å². The van der Waals surface area contributed by atoms with Gasteiger partial charge in [0.2, 0.25) is 0 Å². The molecule has 0 saturated heterocycles. The monoisotopic (exact) mass is 351 g/mol. The molecule has 1 N–H and O–H groups in total. The third-order valence-electron chi connectivity index (χ3n) is 4.40. The van der Waals surface area contributed by atoms with Crippen molar-refractivity contribution in [1.82, 2.24) is 15.1 Å². The van der Waals surface area contributed by atoms with Crippen molar-refractivity contribution in [1.29, 1.82) is 0 Å². The minimum Gasteiger partial charge on any atom is -0.493 e. The Hall–Kier alpha value is -2.79. The summed E-state index contributed by atoms with van der Waals surface area (Å²) in [4.78, 5) is 0. The Morgan fingerprint density at radius 1 is 1.00 bits per heavy atom. The number of hydrogen-bond donors (Lipinski definition) is 1. The van der Waals surface area contributed by atoms with E-state index in [0.29, 0.717) is 0 Å². The molecule has 3 aromatic rings. The van der Waals surface area contributed by atoms with E-state index in [9.17, 15) is 0 Å². The van der Waals surface area contributed by atoms with Crippen molar-refractivity contribution in [2.75, 3.05) is 20.8 Å². The number of aryl methyl sites for hydroxylation is 1. The van der Waals surface area contributed by atoms with Crippen LogP contribution in [-0.4, -0.2) is 30.5 Å². The molecule has 0 bridgehead atoms. The number of methoxy groups -OCH3 is 2. The second-order valence-electron chi connectivity index (χ2n) is 6.18. The van der Waals surface area contributed by atoms with Gasteiger partial charge in [0, 0.05) is 25.4 Å². The summed E-state index contributed by atoms with van der Waals surface area (Å²) in [6, 6.07) is 16.6. The van der Waals surface area contributed by atoms with E-state index in [1.165, 1.54) is 11.1 Å². The number of aromatic nitrogens is 2. The Labute approximate surface area is 154 Å². The number of hydrogen-bond acceptors (Lipinski definition) is 4. The molecule has 0 radical (unpaired) electrons. The van der Waals surface area contributed by atoms with Crippen molar-refractivity contribution in [2.24, 2.45) is 7.05 Å². The number of ether oxygens (including phenoxy) is 2. The number of nitrogens with zero attached hydrogens (tertiary/aromatic N) is 2. The van der Waals surface area contributed by atoms with Crippen LogP contribution >= 0.6 is 0 Å². The highest BCUT2D eigenvalue weighted by Gasteiger charge is 2.15. The third-order valence-corrected chi connectivity index (χ3v) is 4.40. The maximum absolute atomic E-state index is 5.39. The zero-order valence-corrected chi connectivity index (χ0v) is 15.5. The maximum atomic E-state index is 5.39. The van der Waals surface area contributed by atoms with Gasteiger partial charge in [-0.1, -0.05) is 36.4 Å². The Morgan fingerprint density at radius 3 is 2.42 bits per heavy atom. The first kappa shape index (κ1) is 18.0. The first-order valence-corrected chi connectivity index (χ1v) is 8.69. The van der Waals surface area contributed by atoms with Crippen molar-refractivity contribution >= 4 is 0 Å². The highest BCUT2D eigenvalue weighted by Crippen LogP contribution is 2.28. The molecule has 0 aliphatic carbocycles. The largest absolute Gasteiger partial charge is 0.493 e. The Bertz CT molecular complexity index is 830. The van der Waals surface area contributed by atoms with Crippen LogP contribution in [0.15, 0.2) is 60.9 Å². The second kappa shape index (κ2) is 8.54. The summed E-state index contributed by atoms with van der Waals surface area (Å²) in [5, 5.41) is 7.97. The van der Waals surface area contributed by atoms with Crippen molar-refractivity contribution in [3.05, 3.63) is 77.6 Å². The third kappa shape index (κ3) is 4.24. The fourth-order valence-electron chi connectivity index (χ4n) is 3.06. The standard InChI is InChI=1S/C21H25N3O2/c1-24-15-18(14-23-24)21(17-7-5-4-6-8-17)22-12-11-16-9-10-19(25-2)20(13-16)26-3/h4-10,13-15,21-22H,11-12H2,1-3H3. The van der Waals surface area contributed by atoms with Crippen LogP contribution in [0.4, 0.5) is 0 Å². The van der Waals surface area contributed by atoms with Gasteiger partial charge in [0.15, 0.2) is 11.5 Å². The van der Waals surface area contributed by atoms with Gasteiger partial charge < -0.3 is 14.8 Å². The van der Waals surface area contributed by atoms with E-state index in [2.05, 4.69) is 46.9 Å². The van der Waals surface area contributed by atoms with Crippen LogP contribution in [0.1, 0.15) is 22.7 Å². The average Bonchev–Trinajstić information content (AvgIpc) is 3.11. The summed E-state index contributed by atoms with van der Waals surface area (Å²) in [6.07, 6.45) is 4.87. The van der Waals surface area contributed by atoms with Crippen LogP contribution in [0.25, 0.3) is 0 Å². The predicted molar refractivity (Wildman–Crippen MR) is 103 cm³/mol. The van der Waals surface area contributed by atoms with Gasteiger partial charge in [-0.15, -0.1) is 0 Å². The van der Waals surface area contributed by atoms with E-state index in [1.807, 2.05) is 36.1 Å². The van der Waals surface area contributed by atoms with Crippen LogP contribution in [0.3, 0.4) is 0 Å². The van der Waals surface area contributed by atoms with Gasteiger partial charge in [0.25, 0.3) is 0 Å². The smallest absolute Gasteiger partial charge is 0.160 e. The minimum absolute atomic E-state index is 0.116. The lowest BCUT2D eigenvalue weighted by atomic mass is 10.0. The molecule has 26 heavy (non-hydrogen) atoms. The second-order valence-corrected chi connectivity index (χ2v) is 6.18. The van der Waals surface area contributed by atoms with Gasteiger partial charge in [-0.25, -0.2) is 0 Å². The molecule has 0 amide bonds. The molecular weight excluding hydrogens is 326 g/mol. The van der Waals surface area contributed by atoms with Gasteiger partial charge in [0.1, 0.15) is 0 Å². The molecule has 2 aromatic carbocycles. The van der Waals surface area contributed by atoms with Crippen molar-refractivity contribution in [2.45, 2.75) is 12.5 Å².